The third kappa shape index (κ3) is 1.41. The summed E-state index contributed by atoms with van der Waals surface area (Å²) in [6.07, 6.45) is 3.99. The summed E-state index contributed by atoms with van der Waals surface area (Å²) in [6, 6.07) is 0. The fraction of sp³-hybridized carbons (Fsp3) is 0.933. The number of methoxy groups -OCH3 is 1. The van der Waals surface area contributed by atoms with Gasteiger partial charge < -0.3 is 9.84 Å². The van der Waals surface area contributed by atoms with E-state index in [1.807, 2.05) is 6.92 Å². The topological polar surface area (TPSA) is 65.0 Å². The summed E-state index contributed by atoms with van der Waals surface area (Å²) < 4.78 is 4.95. The fourth-order valence-electron chi connectivity index (χ4n) is 5.12. The van der Waals surface area contributed by atoms with E-state index >= 15 is 0 Å². The van der Waals surface area contributed by atoms with Gasteiger partial charge in [-0.15, -0.1) is 0 Å². The van der Waals surface area contributed by atoms with Gasteiger partial charge in [0.25, 0.3) is 0 Å². The molecule has 114 valence electrons. The van der Waals surface area contributed by atoms with Crippen molar-refractivity contribution in [3.8, 4) is 0 Å². The summed E-state index contributed by atoms with van der Waals surface area (Å²) in [5.74, 6) is -2.65. The molecule has 2 heterocycles. The predicted molar refractivity (Wildman–Crippen MR) is 70.3 cm³/mol. The lowest BCUT2D eigenvalue weighted by Crippen LogP contribution is -2.76. The van der Waals surface area contributed by atoms with Crippen molar-refractivity contribution in [2.45, 2.75) is 64.3 Å². The van der Waals surface area contributed by atoms with E-state index < -0.39 is 28.7 Å². The van der Waals surface area contributed by atoms with Gasteiger partial charge in [-0.1, -0.05) is 27.2 Å². The van der Waals surface area contributed by atoms with Crippen molar-refractivity contribution < 1.29 is 24.4 Å². The Morgan fingerprint density at radius 1 is 1.15 bits per heavy atom. The number of carbonyl (C=O) groups excluding carboxylic acids is 1. The highest BCUT2D eigenvalue weighted by atomic mass is 17.2. The Morgan fingerprint density at radius 2 is 1.85 bits per heavy atom. The van der Waals surface area contributed by atoms with Crippen molar-refractivity contribution in [3.05, 3.63) is 0 Å². The third-order valence-electron chi connectivity index (χ3n) is 6.20. The first-order valence-electron chi connectivity index (χ1n) is 7.40. The Hall–Kier alpha value is -0.650. The van der Waals surface area contributed by atoms with E-state index in [0.717, 1.165) is 19.3 Å². The van der Waals surface area contributed by atoms with Crippen molar-refractivity contribution in [3.63, 3.8) is 0 Å². The number of carbonyl (C=O) groups is 1. The normalized spacial score (nSPS) is 49.5. The molecule has 1 spiro atoms. The highest BCUT2D eigenvalue weighted by molar-refractivity contribution is 5.75. The third-order valence-corrected chi connectivity index (χ3v) is 6.20. The number of aliphatic hydroxyl groups is 1. The monoisotopic (exact) mass is 284 g/mol. The van der Waals surface area contributed by atoms with Gasteiger partial charge >= 0.3 is 5.97 Å². The van der Waals surface area contributed by atoms with Crippen LogP contribution in [0.5, 0.6) is 0 Å². The van der Waals surface area contributed by atoms with Crippen molar-refractivity contribution in [2.75, 3.05) is 7.11 Å². The summed E-state index contributed by atoms with van der Waals surface area (Å²) in [4.78, 5) is 23.4. The number of hydrogen-bond acceptors (Lipinski definition) is 5. The molecule has 4 aliphatic rings. The average molecular weight is 284 g/mol. The molecular weight excluding hydrogens is 260 g/mol. The van der Waals surface area contributed by atoms with Crippen LogP contribution < -0.4 is 0 Å². The Labute approximate surface area is 119 Å². The van der Waals surface area contributed by atoms with Gasteiger partial charge in [0.05, 0.1) is 7.11 Å². The largest absolute Gasteiger partial charge is 0.469 e. The van der Waals surface area contributed by atoms with Crippen molar-refractivity contribution in [1.29, 1.82) is 0 Å². The van der Waals surface area contributed by atoms with E-state index in [-0.39, 0.29) is 5.41 Å². The second-order valence-corrected chi connectivity index (χ2v) is 7.45. The zero-order valence-corrected chi connectivity index (χ0v) is 12.7. The highest BCUT2D eigenvalue weighted by Gasteiger charge is 2.76. The second kappa shape index (κ2) is 3.96. The van der Waals surface area contributed by atoms with E-state index in [0.29, 0.717) is 12.8 Å². The van der Waals surface area contributed by atoms with Crippen LogP contribution in [-0.4, -0.2) is 29.6 Å². The van der Waals surface area contributed by atoms with Crippen LogP contribution in [0.25, 0.3) is 0 Å². The number of esters is 1. The number of ether oxygens (including phenoxy) is 1. The summed E-state index contributed by atoms with van der Waals surface area (Å²) in [5, 5.41) is 10.7. The fourth-order valence-corrected chi connectivity index (χ4v) is 5.12. The summed E-state index contributed by atoms with van der Waals surface area (Å²) in [7, 11) is 1.36. The molecule has 5 heteroatoms. The smallest absolute Gasteiger partial charge is 0.314 e. The van der Waals surface area contributed by atoms with Crippen molar-refractivity contribution in [2.24, 2.45) is 16.7 Å². The molecule has 2 saturated heterocycles. The molecule has 0 aromatic heterocycles. The van der Waals surface area contributed by atoms with Crippen LogP contribution in [0.1, 0.15) is 52.9 Å². The van der Waals surface area contributed by atoms with Crippen molar-refractivity contribution in [1.82, 2.24) is 0 Å². The van der Waals surface area contributed by atoms with Crippen LogP contribution in [0.4, 0.5) is 0 Å². The Kier molecular flexibility index (Phi) is 2.83. The van der Waals surface area contributed by atoms with Crippen LogP contribution in [0.2, 0.25) is 0 Å². The van der Waals surface area contributed by atoms with Crippen LogP contribution in [0.3, 0.4) is 0 Å². The van der Waals surface area contributed by atoms with Gasteiger partial charge in [-0.3, -0.25) is 4.79 Å². The summed E-state index contributed by atoms with van der Waals surface area (Å²) in [6.45, 7) is 6.37. The lowest BCUT2D eigenvalue weighted by atomic mass is 9.44. The average Bonchev–Trinajstić information content (AvgIpc) is 2.37. The molecule has 2 saturated carbocycles. The molecule has 2 aliphatic heterocycles. The Bertz CT molecular complexity index is 436. The van der Waals surface area contributed by atoms with Gasteiger partial charge in [0.15, 0.2) is 0 Å². The van der Waals surface area contributed by atoms with Gasteiger partial charge in [-0.25, -0.2) is 4.89 Å². The molecule has 0 radical (unpaired) electrons. The number of rotatable bonds is 1. The Morgan fingerprint density at radius 3 is 2.40 bits per heavy atom. The maximum Gasteiger partial charge on any atom is 0.314 e. The molecule has 4 rings (SSSR count). The number of fused-ring (bicyclic) bond motifs is 2. The van der Waals surface area contributed by atoms with E-state index in [2.05, 4.69) is 13.8 Å². The zero-order chi connectivity index (χ0) is 14.8. The van der Waals surface area contributed by atoms with E-state index in [1.165, 1.54) is 7.11 Å². The first kappa shape index (κ1) is 14.3. The molecular formula is C15H24O5. The molecule has 1 N–H and O–H groups in total. The minimum absolute atomic E-state index is 0.103. The molecule has 2 aliphatic carbocycles. The molecule has 5 nitrogen and oxygen atoms in total. The lowest BCUT2D eigenvalue weighted by Gasteiger charge is -2.69. The molecule has 2 bridgehead atoms. The quantitative estimate of drug-likeness (QED) is 0.590. The summed E-state index contributed by atoms with van der Waals surface area (Å²) in [5.41, 5.74) is -1.11. The van der Waals surface area contributed by atoms with Crippen LogP contribution in [-0.2, 0) is 19.3 Å². The summed E-state index contributed by atoms with van der Waals surface area (Å²) >= 11 is 0. The molecule has 20 heavy (non-hydrogen) atoms. The van der Waals surface area contributed by atoms with Crippen molar-refractivity contribution >= 4 is 5.97 Å². The maximum atomic E-state index is 12.3. The molecule has 4 atom stereocenters. The first-order chi connectivity index (χ1) is 9.22. The standard InChI is InChI=1S/C15H24O5/c1-12(2)6-5-7-13(3)10(11(16)18-4)14(17)8-9-15(12,13)20-19-14/h10,17H,5-9H2,1-4H3/t10-,13-,14-,15-/m1/s1. The molecule has 0 amide bonds. The molecule has 0 aromatic carbocycles. The predicted octanol–water partition coefficient (Wildman–Crippen LogP) is 2.17. The first-order valence-corrected chi connectivity index (χ1v) is 7.40. The van der Waals surface area contributed by atoms with Gasteiger partial charge in [0.2, 0.25) is 5.79 Å². The highest BCUT2D eigenvalue weighted by Crippen LogP contribution is 2.69. The van der Waals surface area contributed by atoms with Gasteiger partial charge in [0, 0.05) is 11.8 Å². The van der Waals surface area contributed by atoms with Crippen LogP contribution in [0.15, 0.2) is 0 Å². The minimum Gasteiger partial charge on any atom is -0.469 e. The van der Waals surface area contributed by atoms with Crippen LogP contribution >= 0.6 is 0 Å². The SMILES string of the molecule is COC(=O)[C@H]1[C@@]2(O)CC[C@@]3(OO2)C(C)(C)CCC[C@]13C. The van der Waals surface area contributed by atoms with E-state index in [9.17, 15) is 9.90 Å². The molecule has 0 aromatic rings. The van der Waals surface area contributed by atoms with Gasteiger partial charge in [0.1, 0.15) is 11.5 Å². The van der Waals surface area contributed by atoms with Gasteiger partial charge in [-0.2, -0.15) is 4.89 Å². The lowest BCUT2D eigenvalue weighted by molar-refractivity contribution is -0.568. The second-order valence-electron chi connectivity index (χ2n) is 7.45. The molecule has 4 fully saturated rings. The number of hydrogen-bond donors (Lipinski definition) is 1. The minimum atomic E-state index is -1.56. The van der Waals surface area contributed by atoms with E-state index in [4.69, 9.17) is 14.5 Å². The Balaban J connectivity index is 2.15. The zero-order valence-electron chi connectivity index (χ0n) is 12.7. The van der Waals surface area contributed by atoms with Gasteiger partial charge in [-0.05, 0) is 24.7 Å². The maximum absolute atomic E-state index is 12.3. The molecule has 0 unspecified atom stereocenters. The van der Waals surface area contributed by atoms with E-state index in [1.54, 1.807) is 0 Å². The van der Waals surface area contributed by atoms with Crippen LogP contribution in [0, 0.1) is 16.7 Å².